The number of rotatable bonds is 11. The fraction of sp³-hybridized carbons (Fsp3) is 0.396. The number of fused-ring (bicyclic) bond motifs is 1. The van der Waals surface area contributed by atoms with Crippen LogP contribution in [-0.4, -0.2) is 50.8 Å². The molecule has 4 heterocycles. The van der Waals surface area contributed by atoms with Gasteiger partial charge < -0.3 is 34.3 Å². The molecule has 336 valence electrons. The molecule has 6 aromatic rings. The van der Waals surface area contributed by atoms with Crippen molar-refractivity contribution in [3.63, 3.8) is 0 Å². The van der Waals surface area contributed by atoms with Crippen molar-refractivity contribution in [1.29, 1.82) is 5.26 Å². The Balaban J connectivity index is 0.769. The maximum atomic E-state index is 13.5. The molecule has 3 N–H and O–H groups in total. The standard InChI is InChI=1S/C53H57ClN6O5/c1-50(2)48(51(3,4)49(50)65-38-15-10-34(29-55)42(54)26-38)58-46(61)43-16-12-36(30-57-43)60-22-19-53(20-23-60)27-33(28-53)24-32-8-13-37(14-9-32)64-44-17-11-35(52(5,6)63)25-40(44)41-31-59(7)47(62)45-39(41)18-21-56-45/h8-18,21,25-26,30-31,33,48-49,56,63H,19-20,22-24,27-28H2,1-7H3,(H,58,61). The number of H-pyrrole nitrogens is 1. The molecule has 1 amide bonds. The number of aliphatic hydroxyl groups is 1. The average molecular weight is 894 g/mol. The summed E-state index contributed by atoms with van der Waals surface area (Å²) in [7, 11) is 1.74. The van der Waals surface area contributed by atoms with Crippen LogP contribution in [0.3, 0.4) is 0 Å². The first-order valence-electron chi connectivity index (χ1n) is 22.5. The molecule has 1 saturated heterocycles. The van der Waals surface area contributed by atoms with Gasteiger partial charge in [0.15, 0.2) is 0 Å². The topological polar surface area (TPSA) is 146 Å². The van der Waals surface area contributed by atoms with Gasteiger partial charge in [-0.15, -0.1) is 0 Å². The van der Waals surface area contributed by atoms with E-state index in [-0.39, 0.29) is 34.4 Å². The molecule has 3 aromatic heterocycles. The lowest BCUT2D eigenvalue weighted by Gasteiger charge is -2.63. The van der Waals surface area contributed by atoms with E-state index in [9.17, 15) is 20.0 Å². The number of anilines is 1. The second-order valence-electron chi connectivity index (χ2n) is 20.4. The summed E-state index contributed by atoms with van der Waals surface area (Å²) >= 11 is 6.27. The van der Waals surface area contributed by atoms with Gasteiger partial charge in [-0.1, -0.05) is 57.5 Å². The van der Waals surface area contributed by atoms with Crippen LogP contribution in [0.5, 0.6) is 17.2 Å². The minimum Gasteiger partial charge on any atom is -0.489 e. The lowest BCUT2D eigenvalue weighted by Crippen LogP contribution is -2.74. The minimum atomic E-state index is -1.06. The number of halogens is 1. The Morgan fingerprint density at radius 3 is 2.32 bits per heavy atom. The third-order valence-electron chi connectivity index (χ3n) is 14.6. The Labute approximate surface area is 385 Å². The molecule has 3 aromatic carbocycles. The molecule has 2 aliphatic carbocycles. The van der Waals surface area contributed by atoms with Crippen LogP contribution in [0.25, 0.3) is 22.0 Å². The molecule has 0 unspecified atom stereocenters. The van der Waals surface area contributed by atoms with Crippen LogP contribution in [0.15, 0.2) is 102 Å². The number of piperidine rings is 1. The molecule has 12 heteroatoms. The average Bonchev–Trinajstić information content (AvgIpc) is 3.77. The van der Waals surface area contributed by atoms with Crippen molar-refractivity contribution in [2.24, 2.45) is 29.2 Å². The van der Waals surface area contributed by atoms with Gasteiger partial charge in [-0.2, -0.15) is 5.26 Å². The van der Waals surface area contributed by atoms with Gasteiger partial charge in [-0.25, -0.2) is 4.98 Å². The fourth-order valence-corrected chi connectivity index (χ4v) is 11.5. The summed E-state index contributed by atoms with van der Waals surface area (Å²) in [6.07, 6.45) is 11.0. The lowest BCUT2D eigenvalue weighted by molar-refractivity contribution is -0.164. The predicted molar refractivity (Wildman–Crippen MR) is 255 cm³/mol. The first kappa shape index (κ1) is 44.1. The Morgan fingerprint density at radius 1 is 0.969 bits per heavy atom. The minimum absolute atomic E-state index is 0.105. The SMILES string of the molecule is Cn1cc(-c2cc(C(C)(C)O)ccc2Oc2ccc(CC3CC4(CCN(c5ccc(C(=O)NC6C(C)(C)C(Oc7ccc(C#N)c(Cl)c7)C6(C)C)nc5)CC4)C3)cc2)c2cc[nH]c2c1=O. The largest absolute Gasteiger partial charge is 0.489 e. The Kier molecular flexibility index (Phi) is 11.1. The number of nitrogens with one attached hydrogen (secondary N) is 2. The molecule has 0 atom stereocenters. The zero-order chi connectivity index (χ0) is 46.1. The van der Waals surface area contributed by atoms with E-state index >= 15 is 0 Å². The van der Waals surface area contributed by atoms with Gasteiger partial charge in [-0.05, 0) is 123 Å². The molecular weight excluding hydrogens is 836 g/mol. The van der Waals surface area contributed by atoms with E-state index in [1.54, 1.807) is 49.9 Å². The smallest absolute Gasteiger partial charge is 0.274 e. The van der Waals surface area contributed by atoms with Crippen LogP contribution >= 0.6 is 11.6 Å². The van der Waals surface area contributed by atoms with Crippen molar-refractivity contribution in [3.05, 3.63) is 135 Å². The van der Waals surface area contributed by atoms with Crippen molar-refractivity contribution in [2.45, 2.75) is 91.4 Å². The Bertz CT molecular complexity index is 2850. The van der Waals surface area contributed by atoms with Crippen LogP contribution in [-0.2, 0) is 19.1 Å². The maximum Gasteiger partial charge on any atom is 0.274 e. The zero-order valence-corrected chi connectivity index (χ0v) is 38.9. The summed E-state index contributed by atoms with van der Waals surface area (Å²) in [5, 5.41) is 24.5. The first-order valence-corrected chi connectivity index (χ1v) is 22.9. The second kappa shape index (κ2) is 16.4. The fourth-order valence-electron chi connectivity index (χ4n) is 11.3. The van der Waals surface area contributed by atoms with Crippen LogP contribution < -0.4 is 25.2 Å². The predicted octanol–water partition coefficient (Wildman–Crippen LogP) is 10.3. The summed E-state index contributed by atoms with van der Waals surface area (Å²) in [6, 6.07) is 26.9. The third kappa shape index (κ3) is 8.27. The van der Waals surface area contributed by atoms with Gasteiger partial charge in [0.1, 0.15) is 40.6 Å². The number of amides is 1. The number of benzene rings is 3. The molecule has 11 nitrogen and oxygen atoms in total. The molecule has 3 fully saturated rings. The van der Waals surface area contributed by atoms with Gasteiger partial charge >= 0.3 is 0 Å². The number of aromatic nitrogens is 3. The highest BCUT2D eigenvalue weighted by Gasteiger charge is 2.64. The van der Waals surface area contributed by atoms with Crippen molar-refractivity contribution in [1.82, 2.24) is 19.9 Å². The van der Waals surface area contributed by atoms with Gasteiger partial charge in [0.25, 0.3) is 11.5 Å². The van der Waals surface area contributed by atoms with Crippen LogP contribution in [0.1, 0.15) is 94.4 Å². The number of nitrogens with zero attached hydrogens (tertiary/aromatic N) is 4. The summed E-state index contributed by atoms with van der Waals surface area (Å²) in [6.45, 7) is 13.8. The third-order valence-corrected chi connectivity index (χ3v) is 14.9. The molecule has 0 radical (unpaired) electrons. The number of hydrogen-bond acceptors (Lipinski definition) is 8. The van der Waals surface area contributed by atoms with Crippen molar-refractivity contribution < 1.29 is 19.4 Å². The summed E-state index contributed by atoms with van der Waals surface area (Å²) in [5.74, 6) is 2.40. The number of ether oxygens (including phenoxy) is 2. The van der Waals surface area contributed by atoms with Crippen molar-refractivity contribution >= 4 is 34.1 Å². The molecule has 9 rings (SSSR count). The van der Waals surface area contributed by atoms with Crippen molar-refractivity contribution in [3.8, 4) is 34.4 Å². The number of carbonyl (C=O) groups is 1. The van der Waals surface area contributed by atoms with Crippen LogP contribution in [0.4, 0.5) is 5.69 Å². The van der Waals surface area contributed by atoms with Crippen LogP contribution in [0, 0.1) is 33.5 Å². The molecule has 1 aliphatic heterocycles. The summed E-state index contributed by atoms with van der Waals surface area (Å²) in [5.41, 5.74) is 4.52. The molecule has 65 heavy (non-hydrogen) atoms. The summed E-state index contributed by atoms with van der Waals surface area (Å²) < 4.78 is 14.5. The van der Waals surface area contributed by atoms with Gasteiger partial charge in [0.05, 0.1) is 28.1 Å². The molecule has 1 spiro atoms. The van der Waals surface area contributed by atoms with Crippen LogP contribution in [0.2, 0.25) is 5.02 Å². The number of nitriles is 1. The zero-order valence-electron chi connectivity index (χ0n) is 38.2. The maximum absolute atomic E-state index is 13.5. The van der Waals surface area contributed by atoms with Gasteiger partial charge in [-0.3, -0.25) is 9.59 Å². The first-order chi connectivity index (χ1) is 30.8. The monoisotopic (exact) mass is 892 g/mol. The lowest BCUT2D eigenvalue weighted by atomic mass is 9.49. The second-order valence-corrected chi connectivity index (χ2v) is 20.8. The molecule has 2 saturated carbocycles. The van der Waals surface area contributed by atoms with E-state index in [2.05, 4.69) is 66.1 Å². The van der Waals surface area contributed by atoms with E-state index in [0.717, 1.165) is 65.9 Å². The van der Waals surface area contributed by atoms with Gasteiger partial charge in [0.2, 0.25) is 0 Å². The quantitative estimate of drug-likeness (QED) is 0.117. The van der Waals surface area contributed by atoms with E-state index in [0.29, 0.717) is 44.6 Å². The van der Waals surface area contributed by atoms with Crippen molar-refractivity contribution in [2.75, 3.05) is 18.0 Å². The Hall–Kier alpha value is -6.09. The van der Waals surface area contributed by atoms with Gasteiger partial charge in [0, 0.05) is 72.0 Å². The van der Waals surface area contributed by atoms with E-state index in [4.69, 9.17) is 21.1 Å². The number of pyridine rings is 2. The summed E-state index contributed by atoms with van der Waals surface area (Å²) in [4.78, 5) is 36.5. The highest BCUT2D eigenvalue weighted by molar-refractivity contribution is 6.31. The van der Waals surface area contributed by atoms with E-state index < -0.39 is 5.60 Å². The number of aromatic amines is 1. The Morgan fingerprint density at radius 2 is 1.68 bits per heavy atom. The van der Waals surface area contributed by atoms with E-state index in [1.807, 2.05) is 60.9 Å². The molecule has 3 aliphatic rings. The highest BCUT2D eigenvalue weighted by atomic mass is 35.5. The number of aryl methyl sites for hydroxylation is 1. The number of hydrogen-bond donors (Lipinski definition) is 3. The normalized spacial score (nSPS) is 19.8. The molecule has 0 bridgehead atoms. The number of carbonyl (C=O) groups excluding carboxylic acids is 1. The molecular formula is C53H57ClN6O5. The van der Waals surface area contributed by atoms with E-state index in [1.165, 1.54) is 18.4 Å². The highest BCUT2D eigenvalue weighted by Crippen LogP contribution is 2.56.